The maximum absolute atomic E-state index is 7.63. The van der Waals surface area contributed by atoms with Crippen molar-refractivity contribution in [2.75, 3.05) is 0 Å². The quantitative estimate of drug-likeness (QED) is 0.0355. The van der Waals surface area contributed by atoms with Gasteiger partial charge in [-0.15, -0.1) is 0 Å². The van der Waals surface area contributed by atoms with Gasteiger partial charge in [-0.2, -0.15) is 0 Å². The molecule has 8 nitrogen and oxygen atoms in total. The first-order valence-electron chi connectivity index (χ1n) is 35.0. The maximum atomic E-state index is 7.63. The standard InChI is InChI=1S/C80H92O8P4/c1-5-9-13-17-33-45-61-65-49-67-62(46-34-18-14-10-6-2)69-51-71-64(48-36-20-16-12-8-4)72-52-70-63(47-35-19-15-11-7-3)68-50-66(61)74-54-76(68)84-91(59-41-29-23-30-42-59)86-78(70)56-80(72)88-92(60-43-31-24-32-44-60)87-79(71)55-77(69)85-90(58-39-27-22-28-40-58)83-75(67)53-73(65)81-89(82-74)57-37-25-21-26-38-57/h21-32,37-44,49-56,61-64H,5-20,33-36,45-48H2,1-4H3. The van der Waals surface area contributed by atoms with Crippen molar-refractivity contribution < 1.29 is 36.2 Å². The average Bonchev–Trinajstić information content (AvgIpc) is 0.741. The molecule has 0 atom stereocenters. The Hall–Kier alpha value is -6.12. The lowest BCUT2D eigenvalue weighted by Crippen LogP contribution is -2.21. The van der Waals surface area contributed by atoms with Crippen LogP contribution in [0, 0.1) is 0 Å². The van der Waals surface area contributed by atoms with E-state index < -0.39 is 33.5 Å². The summed E-state index contributed by atoms with van der Waals surface area (Å²) in [7, 11) is -6.98. The number of hydrogen-bond acceptors (Lipinski definition) is 8. The monoisotopic (exact) mass is 1300 g/mol. The van der Waals surface area contributed by atoms with Crippen LogP contribution >= 0.6 is 33.5 Å². The van der Waals surface area contributed by atoms with Gasteiger partial charge in [0.05, 0.1) is 21.2 Å². The molecule has 0 spiro atoms. The minimum atomic E-state index is -1.75. The summed E-state index contributed by atoms with van der Waals surface area (Å²) in [6.45, 7) is 9.23. The maximum Gasteiger partial charge on any atom is 0.326 e. The van der Waals surface area contributed by atoms with E-state index in [1.165, 1.54) is 122 Å². The van der Waals surface area contributed by atoms with E-state index in [-0.39, 0.29) is 23.7 Å². The van der Waals surface area contributed by atoms with Gasteiger partial charge in [0.25, 0.3) is 0 Å². The van der Waals surface area contributed by atoms with Crippen molar-refractivity contribution in [1.82, 2.24) is 0 Å². The fourth-order valence-electron chi connectivity index (χ4n) is 14.3. The Bertz CT molecular complexity index is 3100. The lowest BCUT2D eigenvalue weighted by atomic mass is 9.76. The highest BCUT2D eigenvalue weighted by molar-refractivity contribution is 7.57. The summed E-state index contributed by atoms with van der Waals surface area (Å²) in [5.74, 6) is 6.04. The van der Waals surface area contributed by atoms with Gasteiger partial charge in [-0.05, 0) is 98.5 Å². The van der Waals surface area contributed by atoms with Gasteiger partial charge < -0.3 is 36.2 Å². The predicted octanol–water partition coefficient (Wildman–Crippen LogP) is 23.6. The van der Waals surface area contributed by atoms with Gasteiger partial charge in [0.2, 0.25) is 0 Å². The van der Waals surface area contributed by atoms with E-state index in [1.54, 1.807) is 0 Å². The molecule has 0 fully saturated rings. The van der Waals surface area contributed by atoms with Crippen molar-refractivity contribution in [3.63, 3.8) is 0 Å². The Morgan fingerprint density at radius 2 is 0.391 bits per heavy atom. The summed E-state index contributed by atoms with van der Waals surface area (Å²) in [4.78, 5) is 0. The van der Waals surface area contributed by atoms with Crippen molar-refractivity contribution in [1.29, 1.82) is 0 Å². The van der Waals surface area contributed by atoms with Crippen LogP contribution in [0.15, 0.2) is 170 Å². The van der Waals surface area contributed by atoms with Crippen LogP contribution in [0.4, 0.5) is 0 Å². The van der Waals surface area contributed by atoms with E-state index in [9.17, 15) is 0 Å². The van der Waals surface area contributed by atoms with E-state index in [2.05, 4.69) is 198 Å². The van der Waals surface area contributed by atoms with E-state index in [1.807, 2.05) is 0 Å². The minimum absolute atomic E-state index is 0.0975. The molecule has 0 N–H and O–H groups in total. The summed E-state index contributed by atoms with van der Waals surface area (Å²) < 4.78 is 61.1. The first-order valence-corrected chi connectivity index (χ1v) is 39.7. The van der Waals surface area contributed by atoms with Crippen LogP contribution in [0.5, 0.6) is 46.0 Å². The molecule has 4 aliphatic heterocycles. The molecule has 0 saturated heterocycles. The second kappa shape index (κ2) is 31.4. The molecule has 12 heteroatoms. The van der Waals surface area contributed by atoms with Gasteiger partial charge in [-0.1, -0.05) is 229 Å². The van der Waals surface area contributed by atoms with E-state index in [0.717, 1.165) is 144 Å². The third-order valence-corrected chi connectivity index (χ3v) is 25.1. The van der Waals surface area contributed by atoms with Crippen LogP contribution in [0.25, 0.3) is 0 Å². The summed E-state index contributed by atoms with van der Waals surface area (Å²) in [6.07, 6.45) is 26.8. The molecule has 0 aromatic heterocycles. The SMILES string of the molecule is CCCCCCCC1c2cc3c4cc2OP(c2ccccc2)Oc2cc5c(cc21)C(CCCCCCC)c1cc2c(cc1OP(c1ccccc1)O5)OP(c1ccccc1)Oc1cc(c(cc1C2CCCCCCC)C3CCCCCCC)OP(c1ccccc1)O4. The topological polar surface area (TPSA) is 73.8 Å². The highest BCUT2D eigenvalue weighted by Crippen LogP contribution is 2.63. The zero-order valence-corrected chi connectivity index (χ0v) is 58.1. The number of rotatable bonds is 28. The molecule has 0 unspecified atom stereocenters. The first kappa shape index (κ1) is 64.6. The van der Waals surface area contributed by atoms with Gasteiger partial charge in [0.1, 0.15) is 46.0 Å². The van der Waals surface area contributed by atoms with Crippen molar-refractivity contribution >= 4 is 54.7 Å². The fourth-order valence-corrected chi connectivity index (χ4v) is 19.7. The second-order valence-electron chi connectivity index (χ2n) is 25.8. The fraction of sp³-hybridized carbons (Fsp3) is 0.400. The molecular weight excluding hydrogens is 1210 g/mol. The molecule has 5 aliphatic rings. The molecule has 480 valence electrons. The Kier molecular flexibility index (Phi) is 22.1. The van der Waals surface area contributed by atoms with Gasteiger partial charge in [-0.25, -0.2) is 0 Å². The van der Waals surface area contributed by atoms with Crippen molar-refractivity contribution in [2.24, 2.45) is 0 Å². The van der Waals surface area contributed by atoms with Crippen LogP contribution in [-0.4, -0.2) is 0 Å². The lowest BCUT2D eigenvalue weighted by molar-refractivity contribution is 0.441. The lowest BCUT2D eigenvalue weighted by Gasteiger charge is -2.37. The predicted molar refractivity (Wildman–Crippen MR) is 384 cm³/mol. The number of unbranched alkanes of at least 4 members (excludes halogenated alkanes) is 16. The van der Waals surface area contributed by atoms with Crippen LogP contribution in [-0.2, 0) is 0 Å². The molecule has 0 saturated carbocycles. The van der Waals surface area contributed by atoms with Crippen LogP contribution in [0.1, 0.15) is 250 Å². The summed E-state index contributed by atoms with van der Waals surface area (Å²) >= 11 is 0. The first-order chi connectivity index (χ1) is 45.5. The number of benzene rings is 8. The van der Waals surface area contributed by atoms with Crippen LogP contribution in [0.3, 0.4) is 0 Å². The molecular formula is C80H92O8P4. The van der Waals surface area contributed by atoms with Gasteiger partial charge in [0, 0.05) is 92.4 Å². The molecule has 4 heterocycles. The zero-order chi connectivity index (χ0) is 62.6. The van der Waals surface area contributed by atoms with Gasteiger partial charge >= 0.3 is 33.5 Å². The number of hydrogen-bond donors (Lipinski definition) is 0. The van der Waals surface area contributed by atoms with Gasteiger partial charge in [-0.3, -0.25) is 0 Å². The summed E-state index contributed by atoms with van der Waals surface area (Å²) in [5, 5.41) is 3.93. The van der Waals surface area contributed by atoms with Crippen molar-refractivity contribution in [3.8, 4) is 46.0 Å². The van der Waals surface area contributed by atoms with Crippen LogP contribution in [0.2, 0.25) is 0 Å². The highest BCUT2D eigenvalue weighted by Gasteiger charge is 2.42. The largest absolute Gasteiger partial charge is 0.435 e. The Morgan fingerprint density at radius 3 is 0.565 bits per heavy atom. The van der Waals surface area contributed by atoms with Crippen LogP contribution < -0.4 is 57.4 Å². The molecule has 13 rings (SSSR count). The third-order valence-electron chi connectivity index (χ3n) is 19.3. The zero-order valence-electron chi connectivity index (χ0n) is 54.5. The molecule has 8 aromatic rings. The molecule has 1 aliphatic carbocycles. The van der Waals surface area contributed by atoms with E-state index >= 15 is 0 Å². The van der Waals surface area contributed by atoms with Crippen molar-refractivity contribution in [2.45, 2.75) is 205 Å². The Balaban J connectivity index is 1.15. The third kappa shape index (κ3) is 14.7. The van der Waals surface area contributed by atoms with E-state index in [0.29, 0.717) is 0 Å². The summed E-state index contributed by atoms with van der Waals surface area (Å²) in [6, 6.07) is 61.4. The van der Waals surface area contributed by atoms with Gasteiger partial charge in [0.15, 0.2) is 0 Å². The molecule has 0 amide bonds. The summed E-state index contributed by atoms with van der Waals surface area (Å²) in [5.41, 5.74) is 9.45. The molecule has 8 bridgehead atoms. The molecule has 8 aromatic carbocycles. The second-order valence-corrected chi connectivity index (χ2v) is 31.4. The van der Waals surface area contributed by atoms with E-state index in [4.69, 9.17) is 36.2 Å². The van der Waals surface area contributed by atoms with Crippen molar-refractivity contribution in [3.05, 3.63) is 214 Å². The normalized spacial score (nSPS) is 20.4. The molecule has 92 heavy (non-hydrogen) atoms. The Morgan fingerprint density at radius 1 is 0.217 bits per heavy atom. The smallest absolute Gasteiger partial charge is 0.326 e. The average molecular weight is 1310 g/mol. The highest BCUT2D eigenvalue weighted by atomic mass is 31.2. The Labute approximate surface area is 553 Å². The minimum Gasteiger partial charge on any atom is -0.435 e. The molecule has 0 radical (unpaired) electrons.